The first-order valence-corrected chi connectivity index (χ1v) is 8.49. The summed E-state index contributed by atoms with van der Waals surface area (Å²) in [6.07, 6.45) is 7.92. The van der Waals surface area contributed by atoms with Gasteiger partial charge in [-0.15, -0.1) is 11.3 Å². The summed E-state index contributed by atoms with van der Waals surface area (Å²) < 4.78 is 0. The number of nitrogens with one attached hydrogen (secondary N) is 1. The minimum atomic E-state index is -0.971. The van der Waals surface area contributed by atoms with Crippen molar-refractivity contribution in [2.24, 2.45) is 23.5 Å². The van der Waals surface area contributed by atoms with Crippen molar-refractivity contribution in [3.8, 4) is 0 Å². The number of nitrogens with two attached hydrogens (primary N) is 1. The molecule has 0 radical (unpaired) electrons. The van der Waals surface area contributed by atoms with E-state index in [1.165, 1.54) is 49.9 Å². The number of hydrogen-bond acceptors (Lipinski definition) is 4. The van der Waals surface area contributed by atoms with Crippen LogP contribution in [0.1, 0.15) is 44.2 Å². The lowest BCUT2D eigenvalue weighted by molar-refractivity contribution is -0.134. The standard InChI is InChI=1S/C15H19N3O2S/c16-12(19)13(20)18-14-17-11(7-21-14)15-4-8-1-9(5-15)3-10(2-8)6-15/h7-10H,1-6H2,(H2,16,19)(H,17,18,20). The first kappa shape index (κ1) is 13.2. The number of hydrogen-bond donors (Lipinski definition) is 2. The van der Waals surface area contributed by atoms with Crippen molar-refractivity contribution in [3.63, 3.8) is 0 Å². The Kier molecular flexibility index (Phi) is 2.86. The van der Waals surface area contributed by atoms with Gasteiger partial charge < -0.3 is 5.73 Å². The summed E-state index contributed by atoms with van der Waals surface area (Å²) in [4.78, 5) is 26.8. The highest BCUT2D eigenvalue weighted by Crippen LogP contribution is 2.60. The van der Waals surface area contributed by atoms with Gasteiger partial charge in [0, 0.05) is 10.8 Å². The normalized spacial score (nSPS) is 36.7. The van der Waals surface area contributed by atoms with Crippen molar-refractivity contribution >= 4 is 28.3 Å². The van der Waals surface area contributed by atoms with E-state index in [4.69, 9.17) is 5.73 Å². The molecule has 21 heavy (non-hydrogen) atoms. The fraction of sp³-hybridized carbons (Fsp3) is 0.667. The lowest BCUT2D eigenvalue weighted by Gasteiger charge is -2.56. The molecule has 4 saturated carbocycles. The number of carbonyl (C=O) groups is 2. The van der Waals surface area contributed by atoms with Gasteiger partial charge in [-0.2, -0.15) is 0 Å². The summed E-state index contributed by atoms with van der Waals surface area (Å²) in [6.45, 7) is 0. The predicted molar refractivity (Wildman–Crippen MR) is 79.8 cm³/mol. The number of nitrogens with zero attached hydrogens (tertiary/aromatic N) is 1. The molecule has 0 unspecified atom stereocenters. The largest absolute Gasteiger partial charge is 0.361 e. The number of primary amides is 1. The SMILES string of the molecule is NC(=O)C(=O)Nc1nc(C23CC4CC(CC(C4)C2)C3)cs1. The number of thiazole rings is 1. The molecule has 4 aliphatic carbocycles. The number of rotatable bonds is 2. The molecule has 0 saturated heterocycles. The van der Waals surface area contributed by atoms with Crippen molar-refractivity contribution in [2.45, 2.75) is 43.9 Å². The van der Waals surface area contributed by atoms with E-state index in [0.29, 0.717) is 5.13 Å². The van der Waals surface area contributed by atoms with Crippen LogP contribution in [-0.4, -0.2) is 16.8 Å². The molecule has 5 rings (SSSR count). The zero-order valence-corrected chi connectivity index (χ0v) is 12.6. The molecule has 1 aromatic heterocycles. The molecule has 5 nitrogen and oxygen atoms in total. The maximum atomic E-state index is 11.4. The number of aromatic nitrogens is 1. The molecule has 112 valence electrons. The highest BCUT2D eigenvalue weighted by Gasteiger charge is 2.52. The van der Waals surface area contributed by atoms with Crippen LogP contribution in [-0.2, 0) is 15.0 Å². The quantitative estimate of drug-likeness (QED) is 0.820. The van der Waals surface area contributed by atoms with Crippen molar-refractivity contribution in [2.75, 3.05) is 5.32 Å². The van der Waals surface area contributed by atoms with E-state index >= 15 is 0 Å². The first-order valence-electron chi connectivity index (χ1n) is 7.61. The van der Waals surface area contributed by atoms with Gasteiger partial charge in [0.2, 0.25) is 0 Å². The molecule has 2 amide bonds. The summed E-state index contributed by atoms with van der Waals surface area (Å²) in [5, 5.41) is 5.04. The number of anilines is 1. The Hall–Kier alpha value is -1.43. The molecule has 4 aliphatic rings. The van der Waals surface area contributed by atoms with Crippen LogP contribution in [0.4, 0.5) is 5.13 Å². The fourth-order valence-electron chi connectivity index (χ4n) is 5.16. The van der Waals surface area contributed by atoms with Crippen molar-refractivity contribution < 1.29 is 9.59 Å². The van der Waals surface area contributed by atoms with Crippen LogP contribution in [0, 0.1) is 17.8 Å². The molecular formula is C15H19N3O2S. The van der Waals surface area contributed by atoms with Gasteiger partial charge in [-0.25, -0.2) is 4.98 Å². The van der Waals surface area contributed by atoms with E-state index < -0.39 is 11.8 Å². The molecule has 1 aromatic rings. The maximum Gasteiger partial charge on any atom is 0.315 e. The van der Waals surface area contributed by atoms with Crippen LogP contribution >= 0.6 is 11.3 Å². The summed E-state index contributed by atoms with van der Waals surface area (Å²) in [7, 11) is 0. The predicted octanol–water partition coefficient (Wildman–Crippen LogP) is 2.03. The van der Waals surface area contributed by atoms with Gasteiger partial charge >= 0.3 is 11.8 Å². The molecular weight excluding hydrogens is 286 g/mol. The summed E-state index contributed by atoms with van der Waals surface area (Å²) in [5.41, 5.74) is 6.30. The van der Waals surface area contributed by atoms with E-state index in [-0.39, 0.29) is 5.41 Å². The van der Waals surface area contributed by atoms with E-state index in [1.807, 2.05) is 0 Å². The number of carbonyl (C=O) groups excluding carboxylic acids is 2. The molecule has 0 aliphatic heterocycles. The highest BCUT2D eigenvalue weighted by molar-refractivity contribution is 7.14. The van der Waals surface area contributed by atoms with Crippen LogP contribution in [0.3, 0.4) is 0 Å². The van der Waals surface area contributed by atoms with E-state index in [0.717, 1.165) is 23.4 Å². The zero-order valence-electron chi connectivity index (χ0n) is 11.8. The molecule has 1 heterocycles. The molecule has 4 fully saturated rings. The number of amides is 2. The van der Waals surface area contributed by atoms with Gasteiger partial charge in [-0.3, -0.25) is 14.9 Å². The minimum Gasteiger partial charge on any atom is -0.361 e. The van der Waals surface area contributed by atoms with Crippen LogP contribution in [0.2, 0.25) is 0 Å². The Morgan fingerprint density at radius 1 is 1.19 bits per heavy atom. The maximum absolute atomic E-state index is 11.4. The monoisotopic (exact) mass is 305 g/mol. The van der Waals surface area contributed by atoms with Gasteiger partial charge in [0.05, 0.1) is 5.69 Å². The minimum absolute atomic E-state index is 0.223. The second-order valence-electron chi connectivity index (χ2n) is 7.05. The van der Waals surface area contributed by atoms with E-state index in [1.54, 1.807) is 0 Å². The molecule has 0 atom stereocenters. The van der Waals surface area contributed by atoms with Crippen LogP contribution in [0.5, 0.6) is 0 Å². The second-order valence-corrected chi connectivity index (χ2v) is 7.91. The molecule has 0 aromatic carbocycles. The van der Waals surface area contributed by atoms with Gasteiger partial charge in [-0.05, 0) is 56.3 Å². The van der Waals surface area contributed by atoms with Crippen LogP contribution < -0.4 is 11.1 Å². The van der Waals surface area contributed by atoms with Crippen molar-refractivity contribution in [3.05, 3.63) is 11.1 Å². The van der Waals surface area contributed by atoms with Gasteiger partial charge in [-0.1, -0.05) is 0 Å². The summed E-state index contributed by atoms with van der Waals surface area (Å²) in [5.74, 6) is 0.827. The van der Waals surface area contributed by atoms with E-state index in [2.05, 4.69) is 15.7 Å². The summed E-state index contributed by atoms with van der Waals surface area (Å²) in [6, 6.07) is 0. The Bertz CT molecular complexity index is 575. The average molecular weight is 305 g/mol. The van der Waals surface area contributed by atoms with Crippen molar-refractivity contribution in [1.29, 1.82) is 0 Å². The smallest absolute Gasteiger partial charge is 0.315 e. The van der Waals surface area contributed by atoms with Gasteiger partial charge in [0.15, 0.2) is 5.13 Å². The Morgan fingerprint density at radius 2 is 1.76 bits per heavy atom. The molecule has 6 heteroatoms. The van der Waals surface area contributed by atoms with Crippen LogP contribution in [0.15, 0.2) is 5.38 Å². The fourth-order valence-corrected chi connectivity index (χ4v) is 5.99. The lowest BCUT2D eigenvalue weighted by atomic mass is 9.49. The zero-order chi connectivity index (χ0) is 14.6. The highest BCUT2D eigenvalue weighted by atomic mass is 32.1. The Labute approximate surface area is 127 Å². The van der Waals surface area contributed by atoms with E-state index in [9.17, 15) is 9.59 Å². The van der Waals surface area contributed by atoms with Gasteiger partial charge in [0.25, 0.3) is 0 Å². The van der Waals surface area contributed by atoms with Crippen molar-refractivity contribution in [1.82, 2.24) is 4.98 Å². The van der Waals surface area contributed by atoms with Crippen LogP contribution in [0.25, 0.3) is 0 Å². The third-order valence-electron chi connectivity index (χ3n) is 5.53. The average Bonchev–Trinajstić information content (AvgIpc) is 2.86. The Morgan fingerprint density at radius 3 is 2.29 bits per heavy atom. The third-order valence-corrected chi connectivity index (χ3v) is 6.29. The molecule has 4 bridgehead atoms. The second kappa shape index (κ2) is 4.53. The third kappa shape index (κ3) is 2.16. The Balaban J connectivity index is 1.58. The lowest BCUT2D eigenvalue weighted by Crippen LogP contribution is -2.48. The molecule has 3 N–H and O–H groups in total. The summed E-state index contributed by atoms with van der Waals surface area (Å²) >= 11 is 1.39. The topological polar surface area (TPSA) is 85.1 Å². The van der Waals surface area contributed by atoms with Gasteiger partial charge in [0.1, 0.15) is 0 Å². The first-order chi connectivity index (χ1) is 10.0. The molecule has 0 spiro atoms.